The van der Waals surface area contributed by atoms with Gasteiger partial charge in [-0.25, -0.2) is 14.4 Å². The lowest BCUT2D eigenvalue weighted by Gasteiger charge is -2.19. The molecular weight excluding hydrogens is 458 g/mol. The number of ether oxygens (including phenoxy) is 2. The number of rotatable bonds is 6. The number of nitrogens with one attached hydrogen (secondary N) is 1. The number of benzene rings is 3. The van der Waals surface area contributed by atoms with Crippen LogP contribution in [0.15, 0.2) is 82.0 Å². The fourth-order valence-electron chi connectivity index (χ4n) is 4.56. The summed E-state index contributed by atoms with van der Waals surface area (Å²) < 4.78 is 16.8. The number of carbonyl (C=O) groups excluding carboxylic acids is 2. The molecule has 7 heteroatoms. The highest BCUT2D eigenvalue weighted by molar-refractivity contribution is 5.92. The normalized spacial score (nSPS) is 13.1. The molecule has 0 saturated carbocycles. The predicted molar refractivity (Wildman–Crippen MR) is 134 cm³/mol. The zero-order valence-electron chi connectivity index (χ0n) is 19.8. The third kappa shape index (κ3) is 4.86. The van der Waals surface area contributed by atoms with E-state index in [-0.39, 0.29) is 12.2 Å². The van der Waals surface area contributed by atoms with Crippen LogP contribution in [0.3, 0.4) is 0 Å². The molecule has 5 rings (SSSR count). The minimum atomic E-state index is -1.10. The molecule has 0 radical (unpaired) electrons. The lowest BCUT2D eigenvalue weighted by molar-refractivity contribution is -0.136. The van der Waals surface area contributed by atoms with Gasteiger partial charge in [-0.2, -0.15) is 0 Å². The zero-order valence-corrected chi connectivity index (χ0v) is 19.8. The molecule has 7 nitrogen and oxygen atoms in total. The molecule has 0 saturated heterocycles. The van der Waals surface area contributed by atoms with Crippen molar-refractivity contribution in [3.8, 4) is 5.75 Å². The van der Waals surface area contributed by atoms with Crippen molar-refractivity contribution in [1.29, 1.82) is 0 Å². The van der Waals surface area contributed by atoms with E-state index in [9.17, 15) is 14.4 Å². The second kappa shape index (κ2) is 10.1. The summed E-state index contributed by atoms with van der Waals surface area (Å²) in [5, 5.41) is 3.26. The maximum atomic E-state index is 13.5. The van der Waals surface area contributed by atoms with Crippen LogP contribution in [0, 0.1) is 6.92 Å². The van der Waals surface area contributed by atoms with Crippen LogP contribution in [0.25, 0.3) is 11.0 Å². The summed E-state index contributed by atoms with van der Waals surface area (Å²) in [7, 11) is 0. The molecule has 0 bridgehead atoms. The molecule has 0 unspecified atom stereocenters. The summed E-state index contributed by atoms with van der Waals surface area (Å²) in [5.41, 5.74) is 3.68. The highest BCUT2D eigenvalue weighted by atomic mass is 16.6. The summed E-state index contributed by atoms with van der Waals surface area (Å²) >= 11 is 0. The van der Waals surface area contributed by atoms with Gasteiger partial charge in [0.1, 0.15) is 17.9 Å². The van der Waals surface area contributed by atoms with Crippen molar-refractivity contribution < 1.29 is 23.5 Å². The molecule has 1 N–H and O–H groups in total. The van der Waals surface area contributed by atoms with Crippen LogP contribution in [0.4, 0.5) is 4.79 Å². The molecule has 1 heterocycles. The van der Waals surface area contributed by atoms with E-state index in [1.165, 1.54) is 0 Å². The largest absolute Gasteiger partial charge is 0.445 e. The van der Waals surface area contributed by atoms with Gasteiger partial charge in [-0.3, -0.25) is 0 Å². The van der Waals surface area contributed by atoms with Gasteiger partial charge in [0, 0.05) is 5.56 Å². The third-order valence-electron chi connectivity index (χ3n) is 6.23. The Balaban J connectivity index is 1.43. The number of carbonyl (C=O) groups is 2. The van der Waals surface area contributed by atoms with Crippen molar-refractivity contribution in [1.82, 2.24) is 5.32 Å². The van der Waals surface area contributed by atoms with Crippen LogP contribution in [-0.2, 0) is 29.0 Å². The molecule has 1 atom stereocenters. The lowest BCUT2D eigenvalue weighted by Crippen LogP contribution is -2.36. The van der Waals surface area contributed by atoms with Gasteiger partial charge in [-0.05, 0) is 60.6 Å². The number of fused-ring (bicyclic) bond motifs is 3. The quantitative estimate of drug-likeness (QED) is 0.231. The van der Waals surface area contributed by atoms with Gasteiger partial charge in [0.05, 0.1) is 5.39 Å². The summed E-state index contributed by atoms with van der Waals surface area (Å²) in [5.74, 6) is -0.375. The van der Waals surface area contributed by atoms with Gasteiger partial charge in [0.25, 0.3) is 0 Å². The van der Waals surface area contributed by atoms with Crippen molar-refractivity contribution in [3.63, 3.8) is 0 Å². The van der Waals surface area contributed by atoms with Crippen LogP contribution in [-0.4, -0.2) is 12.1 Å². The Morgan fingerprint density at radius 1 is 0.972 bits per heavy atom. The standard InChI is InChI=1S/C29H25NO6/c1-18-15-23-25(21-13-8-14-22(21)27(31)35-23)24(16-18)36-28(32)26(20-11-6-3-7-12-20)30-29(33)34-17-19-9-4-2-5-10-19/h2-7,9-12,15-16,26H,8,13-14,17H2,1H3,(H,30,33)/t26-/m0/s1. The minimum Gasteiger partial charge on any atom is -0.445 e. The number of aryl methyl sites for hydroxylation is 2. The minimum absolute atomic E-state index is 0.0664. The van der Waals surface area contributed by atoms with E-state index >= 15 is 0 Å². The average molecular weight is 484 g/mol. The molecule has 36 heavy (non-hydrogen) atoms. The summed E-state index contributed by atoms with van der Waals surface area (Å²) in [4.78, 5) is 38.5. The molecule has 0 aliphatic heterocycles. The Kier molecular flexibility index (Phi) is 6.54. The molecule has 1 aromatic heterocycles. The number of alkyl carbamates (subject to hydrolysis) is 1. The van der Waals surface area contributed by atoms with Crippen LogP contribution in [0.1, 0.15) is 40.3 Å². The van der Waals surface area contributed by atoms with E-state index in [4.69, 9.17) is 13.9 Å². The van der Waals surface area contributed by atoms with Crippen molar-refractivity contribution in [2.75, 3.05) is 0 Å². The van der Waals surface area contributed by atoms with E-state index < -0.39 is 18.1 Å². The van der Waals surface area contributed by atoms with E-state index in [1.54, 1.807) is 36.4 Å². The van der Waals surface area contributed by atoms with Gasteiger partial charge in [0.2, 0.25) is 0 Å². The first kappa shape index (κ1) is 23.4. The van der Waals surface area contributed by atoms with Gasteiger partial charge < -0.3 is 19.2 Å². The first-order chi connectivity index (χ1) is 17.5. The Morgan fingerprint density at radius 2 is 1.67 bits per heavy atom. The Morgan fingerprint density at radius 3 is 2.42 bits per heavy atom. The number of hydrogen-bond donors (Lipinski definition) is 1. The molecule has 1 amide bonds. The van der Waals surface area contributed by atoms with Gasteiger partial charge in [-0.1, -0.05) is 60.7 Å². The monoisotopic (exact) mass is 483 g/mol. The fraction of sp³-hybridized carbons (Fsp3) is 0.207. The summed E-state index contributed by atoms with van der Waals surface area (Å²) in [6.07, 6.45) is 1.43. The first-order valence-electron chi connectivity index (χ1n) is 11.8. The molecular formula is C29H25NO6. The highest BCUT2D eigenvalue weighted by Gasteiger charge is 2.28. The molecule has 0 fully saturated rings. The fourth-order valence-corrected chi connectivity index (χ4v) is 4.56. The van der Waals surface area contributed by atoms with Crippen LogP contribution >= 0.6 is 0 Å². The zero-order chi connectivity index (χ0) is 25.1. The molecule has 1 aliphatic carbocycles. The summed E-state index contributed by atoms with van der Waals surface area (Å²) in [6, 6.07) is 20.5. The second-order valence-corrected chi connectivity index (χ2v) is 8.81. The van der Waals surface area contributed by atoms with Crippen LogP contribution < -0.4 is 15.7 Å². The van der Waals surface area contributed by atoms with E-state index in [2.05, 4.69) is 5.32 Å². The summed E-state index contributed by atoms with van der Waals surface area (Å²) in [6.45, 7) is 1.90. The van der Waals surface area contributed by atoms with E-state index in [0.29, 0.717) is 40.7 Å². The topological polar surface area (TPSA) is 94.8 Å². The predicted octanol–water partition coefficient (Wildman–Crippen LogP) is 5.16. The van der Waals surface area contributed by atoms with Crippen LogP contribution in [0.2, 0.25) is 0 Å². The molecule has 4 aromatic rings. The van der Waals surface area contributed by atoms with Gasteiger partial charge in [-0.15, -0.1) is 0 Å². The maximum absolute atomic E-state index is 13.5. The number of hydrogen-bond acceptors (Lipinski definition) is 6. The van der Waals surface area contributed by atoms with Crippen molar-refractivity contribution in [3.05, 3.63) is 111 Å². The molecule has 182 valence electrons. The molecule has 3 aromatic carbocycles. The van der Waals surface area contributed by atoms with E-state index in [0.717, 1.165) is 23.1 Å². The van der Waals surface area contributed by atoms with Crippen molar-refractivity contribution in [2.24, 2.45) is 0 Å². The second-order valence-electron chi connectivity index (χ2n) is 8.81. The van der Waals surface area contributed by atoms with Crippen molar-refractivity contribution >= 4 is 23.0 Å². The number of amides is 1. The molecule has 0 spiro atoms. The highest BCUT2D eigenvalue weighted by Crippen LogP contribution is 2.35. The Hall–Kier alpha value is -4.39. The van der Waals surface area contributed by atoms with Gasteiger partial charge >= 0.3 is 17.7 Å². The van der Waals surface area contributed by atoms with E-state index in [1.807, 2.05) is 43.3 Å². The SMILES string of the molecule is Cc1cc(OC(=O)[C@@H](NC(=O)OCc2ccccc2)c2ccccc2)c2c3c(c(=O)oc2c1)CCC3. The molecule has 1 aliphatic rings. The maximum Gasteiger partial charge on any atom is 0.408 e. The van der Waals surface area contributed by atoms with Crippen LogP contribution in [0.5, 0.6) is 5.75 Å². The lowest BCUT2D eigenvalue weighted by atomic mass is 10.0. The van der Waals surface area contributed by atoms with Gasteiger partial charge in [0.15, 0.2) is 6.04 Å². The Labute approximate surface area is 207 Å². The van der Waals surface area contributed by atoms with Crippen molar-refractivity contribution in [2.45, 2.75) is 38.8 Å². The smallest absolute Gasteiger partial charge is 0.408 e. The third-order valence-corrected chi connectivity index (χ3v) is 6.23. The number of esters is 1. The average Bonchev–Trinajstić information content (AvgIpc) is 3.37. The Bertz CT molecular complexity index is 1480. The first-order valence-corrected chi connectivity index (χ1v) is 11.8.